The summed E-state index contributed by atoms with van der Waals surface area (Å²) in [5.74, 6) is 0.225. The van der Waals surface area contributed by atoms with Gasteiger partial charge in [-0.25, -0.2) is 12.8 Å². The van der Waals surface area contributed by atoms with Crippen LogP contribution in [0.3, 0.4) is 0 Å². The van der Waals surface area contributed by atoms with Gasteiger partial charge in [-0.2, -0.15) is 0 Å². The van der Waals surface area contributed by atoms with Crippen LogP contribution in [-0.4, -0.2) is 33.6 Å². The first kappa shape index (κ1) is 18.7. The van der Waals surface area contributed by atoms with Crippen molar-refractivity contribution in [3.63, 3.8) is 0 Å². The summed E-state index contributed by atoms with van der Waals surface area (Å²) in [6.45, 7) is 1.44. The van der Waals surface area contributed by atoms with Crippen LogP contribution < -0.4 is 10.0 Å². The van der Waals surface area contributed by atoms with E-state index in [2.05, 4.69) is 46.9 Å². The number of amidine groups is 1. The Morgan fingerprint density at radius 2 is 2.10 bits per heavy atom. The first-order chi connectivity index (χ1) is 9.28. The van der Waals surface area contributed by atoms with Crippen LogP contribution in [0.1, 0.15) is 5.56 Å². The Hall–Kier alpha value is -0.380. The molecule has 10 heteroatoms. The number of benzene rings is 1. The zero-order valence-corrected chi connectivity index (χ0v) is 15.7. The fourth-order valence-corrected chi connectivity index (χ4v) is 3.49. The minimum absolute atomic E-state index is 0. The maximum atomic E-state index is 14.2. The summed E-state index contributed by atoms with van der Waals surface area (Å²) in [6.07, 6.45) is 1.33. The quantitative estimate of drug-likeness (QED) is 0.672. The Labute approximate surface area is 145 Å². The van der Waals surface area contributed by atoms with Crippen LogP contribution in [0.5, 0.6) is 0 Å². The number of nitrogens with one attached hydrogen (secondary N) is 2. The van der Waals surface area contributed by atoms with Crippen molar-refractivity contribution in [1.29, 1.82) is 0 Å². The highest BCUT2D eigenvalue weighted by molar-refractivity contribution is 9.13. The molecule has 0 unspecified atom stereocenters. The lowest BCUT2D eigenvalue weighted by atomic mass is 10.1. The standard InChI is InChI=1S/C11H12Br2FN3O2S.ClH/c1-20(18,19)17-8-5-7(14)6(10(12)11(8)13)4-9-15-2-3-16-9;/h5,17H,2-4H2,1H3,(H,15,16);1H. The first-order valence-corrected chi connectivity index (χ1v) is 9.17. The van der Waals surface area contributed by atoms with Crippen molar-refractivity contribution in [2.24, 2.45) is 4.99 Å². The highest BCUT2D eigenvalue weighted by Gasteiger charge is 2.19. The van der Waals surface area contributed by atoms with Crippen LogP contribution in [0.4, 0.5) is 10.1 Å². The van der Waals surface area contributed by atoms with E-state index in [0.29, 0.717) is 27.5 Å². The van der Waals surface area contributed by atoms with Crippen LogP contribution in [0.25, 0.3) is 0 Å². The van der Waals surface area contributed by atoms with Gasteiger partial charge in [0, 0.05) is 23.0 Å². The zero-order valence-electron chi connectivity index (χ0n) is 10.9. The fraction of sp³-hybridized carbons (Fsp3) is 0.364. The molecule has 1 heterocycles. The summed E-state index contributed by atoms with van der Waals surface area (Å²) in [4.78, 5) is 4.22. The van der Waals surface area contributed by atoms with Crippen molar-refractivity contribution in [3.8, 4) is 0 Å². The summed E-state index contributed by atoms with van der Waals surface area (Å²) in [7, 11) is -3.47. The van der Waals surface area contributed by atoms with E-state index >= 15 is 0 Å². The van der Waals surface area contributed by atoms with Crippen molar-refractivity contribution in [3.05, 3.63) is 26.4 Å². The SMILES string of the molecule is CS(=O)(=O)Nc1cc(F)c(CC2=NCCN2)c(Br)c1Br.Cl. The number of hydrogen-bond acceptors (Lipinski definition) is 4. The van der Waals surface area contributed by atoms with Crippen LogP contribution >= 0.6 is 44.3 Å². The molecule has 1 aromatic carbocycles. The van der Waals surface area contributed by atoms with Gasteiger partial charge in [0.1, 0.15) is 11.7 Å². The normalized spacial score (nSPS) is 14.2. The lowest BCUT2D eigenvalue weighted by Crippen LogP contribution is -2.21. The lowest BCUT2D eigenvalue weighted by Gasteiger charge is -2.13. The summed E-state index contributed by atoms with van der Waals surface area (Å²) in [5, 5.41) is 3.07. The second-order valence-electron chi connectivity index (χ2n) is 4.32. The summed E-state index contributed by atoms with van der Waals surface area (Å²) in [5.41, 5.74) is 0.575. The first-order valence-electron chi connectivity index (χ1n) is 5.69. The largest absolute Gasteiger partial charge is 0.372 e. The minimum Gasteiger partial charge on any atom is -0.372 e. The molecule has 1 aliphatic heterocycles. The lowest BCUT2D eigenvalue weighted by molar-refractivity contribution is 0.606. The molecule has 5 nitrogen and oxygen atoms in total. The van der Waals surface area contributed by atoms with Gasteiger partial charge in [0.05, 0.1) is 23.0 Å². The number of anilines is 1. The van der Waals surface area contributed by atoms with E-state index in [4.69, 9.17) is 0 Å². The number of nitrogens with zero attached hydrogens (tertiary/aromatic N) is 1. The third-order valence-corrected chi connectivity index (χ3v) is 5.46. The predicted octanol–water partition coefficient (Wildman–Crippen LogP) is 2.69. The number of halogens is 4. The average Bonchev–Trinajstić information content (AvgIpc) is 2.82. The van der Waals surface area contributed by atoms with Gasteiger partial charge >= 0.3 is 0 Å². The second kappa shape index (κ2) is 7.26. The van der Waals surface area contributed by atoms with E-state index in [-0.39, 0.29) is 18.1 Å². The van der Waals surface area contributed by atoms with Crippen molar-refractivity contribution in [2.75, 3.05) is 24.1 Å². The molecule has 2 N–H and O–H groups in total. The number of rotatable bonds is 4. The molecular formula is C11H13Br2ClFN3O2S. The molecule has 1 aromatic rings. The number of sulfonamides is 1. The fourth-order valence-electron chi connectivity index (χ4n) is 1.80. The van der Waals surface area contributed by atoms with Crippen molar-refractivity contribution < 1.29 is 12.8 Å². The smallest absolute Gasteiger partial charge is 0.229 e. The Morgan fingerprint density at radius 3 is 2.62 bits per heavy atom. The molecule has 118 valence electrons. The van der Waals surface area contributed by atoms with E-state index in [0.717, 1.165) is 24.7 Å². The Balaban J connectivity index is 0.00000220. The molecule has 2 rings (SSSR count). The molecule has 21 heavy (non-hydrogen) atoms. The highest BCUT2D eigenvalue weighted by atomic mass is 79.9. The Bertz CT molecular complexity index is 683. The second-order valence-corrected chi connectivity index (χ2v) is 7.65. The molecule has 0 aromatic heterocycles. The van der Waals surface area contributed by atoms with Gasteiger partial charge < -0.3 is 5.32 Å². The molecule has 0 spiro atoms. The van der Waals surface area contributed by atoms with Crippen LogP contribution in [-0.2, 0) is 16.4 Å². The maximum Gasteiger partial charge on any atom is 0.229 e. The third kappa shape index (κ3) is 4.80. The van der Waals surface area contributed by atoms with Gasteiger partial charge in [0.2, 0.25) is 10.0 Å². The Kier molecular flexibility index (Phi) is 6.45. The number of hydrogen-bond donors (Lipinski definition) is 2. The van der Waals surface area contributed by atoms with E-state index in [1.807, 2.05) is 0 Å². The molecular weight excluding hydrogens is 452 g/mol. The van der Waals surface area contributed by atoms with E-state index in [1.165, 1.54) is 0 Å². The van der Waals surface area contributed by atoms with Crippen LogP contribution in [0, 0.1) is 5.82 Å². The molecule has 1 aliphatic rings. The van der Waals surface area contributed by atoms with Crippen LogP contribution in [0.15, 0.2) is 20.0 Å². The van der Waals surface area contributed by atoms with E-state index in [9.17, 15) is 12.8 Å². The topological polar surface area (TPSA) is 70.6 Å². The average molecular weight is 466 g/mol. The summed E-state index contributed by atoms with van der Waals surface area (Å²) >= 11 is 6.56. The van der Waals surface area contributed by atoms with Gasteiger partial charge in [-0.05, 0) is 37.9 Å². The molecule has 0 aliphatic carbocycles. The van der Waals surface area contributed by atoms with Gasteiger partial charge in [-0.1, -0.05) is 0 Å². The van der Waals surface area contributed by atoms with Gasteiger partial charge in [-0.3, -0.25) is 9.71 Å². The predicted molar refractivity (Wildman–Crippen MR) is 91.5 cm³/mol. The molecule has 0 fully saturated rings. The van der Waals surface area contributed by atoms with Gasteiger partial charge in [-0.15, -0.1) is 12.4 Å². The molecule has 0 radical (unpaired) electrons. The van der Waals surface area contributed by atoms with E-state index < -0.39 is 15.8 Å². The molecule has 0 bridgehead atoms. The van der Waals surface area contributed by atoms with Crippen LogP contribution in [0.2, 0.25) is 0 Å². The van der Waals surface area contributed by atoms with Crippen molar-refractivity contribution in [2.45, 2.75) is 6.42 Å². The van der Waals surface area contributed by atoms with Crippen molar-refractivity contribution >= 4 is 65.8 Å². The summed E-state index contributed by atoms with van der Waals surface area (Å²) < 4.78 is 39.8. The monoisotopic (exact) mass is 463 g/mol. The maximum absolute atomic E-state index is 14.2. The number of aliphatic imine (C=N–C) groups is 1. The Morgan fingerprint density at radius 1 is 1.43 bits per heavy atom. The molecule has 0 atom stereocenters. The highest BCUT2D eigenvalue weighted by Crippen LogP contribution is 2.36. The molecule has 0 saturated heterocycles. The molecule has 0 amide bonds. The van der Waals surface area contributed by atoms with Crippen molar-refractivity contribution in [1.82, 2.24) is 5.32 Å². The zero-order chi connectivity index (χ0) is 14.9. The van der Waals surface area contributed by atoms with Gasteiger partial charge in [0.25, 0.3) is 0 Å². The minimum atomic E-state index is -3.47. The van der Waals surface area contributed by atoms with E-state index in [1.54, 1.807) is 0 Å². The third-order valence-electron chi connectivity index (χ3n) is 2.64. The summed E-state index contributed by atoms with van der Waals surface area (Å²) in [6, 6.07) is 1.15. The van der Waals surface area contributed by atoms with Gasteiger partial charge in [0.15, 0.2) is 0 Å². The molecule has 0 saturated carbocycles.